The smallest absolute Gasteiger partial charge is 0.317 e. The first-order chi connectivity index (χ1) is 11.5. The molecule has 0 aromatic rings. The molecule has 5 nitrogen and oxygen atoms in total. The Morgan fingerprint density at radius 3 is 2.83 bits per heavy atom. The van der Waals surface area contributed by atoms with E-state index in [0.717, 1.165) is 58.4 Å². The standard InChI is InChI=1S/C19H35N3O2/c1-15(2)12-21-9-6-16(13-21)11-20-18(23)22-10-8-19(24)7-4-3-5-17(19)14-22/h15-17,24H,3-14H2,1-2H3,(H,20,23). The lowest BCUT2D eigenvalue weighted by Gasteiger charge is -2.47. The molecule has 3 rings (SSSR count). The predicted octanol–water partition coefficient (Wildman–Crippen LogP) is 2.30. The number of likely N-dealkylation sites (tertiary alicyclic amines) is 2. The van der Waals surface area contributed by atoms with E-state index in [0.29, 0.717) is 18.4 Å². The summed E-state index contributed by atoms with van der Waals surface area (Å²) >= 11 is 0. The van der Waals surface area contributed by atoms with Gasteiger partial charge in [-0.25, -0.2) is 4.79 Å². The molecule has 2 aliphatic heterocycles. The monoisotopic (exact) mass is 337 g/mol. The lowest BCUT2D eigenvalue weighted by molar-refractivity contribution is -0.0870. The van der Waals surface area contributed by atoms with Crippen molar-refractivity contribution in [3.05, 3.63) is 0 Å². The van der Waals surface area contributed by atoms with Crippen molar-refractivity contribution in [2.24, 2.45) is 17.8 Å². The molecule has 0 aromatic heterocycles. The van der Waals surface area contributed by atoms with Gasteiger partial charge in [-0.1, -0.05) is 26.7 Å². The number of nitrogens with zero attached hydrogens (tertiary/aromatic N) is 2. The molecule has 3 atom stereocenters. The van der Waals surface area contributed by atoms with Crippen molar-refractivity contribution in [1.82, 2.24) is 15.1 Å². The number of rotatable bonds is 4. The van der Waals surface area contributed by atoms with E-state index in [2.05, 4.69) is 24.1 Å². The van der Waals surface area contributed by atoms with Crippen LogP contribution in [0.4, 0.5) is 4.79 Å². The summed E-state index contributed by atoms with van der Waals surface area (Å²) in [5.74, 6) is 1.57. The highest BCUT2D eigenvalue weighted by Crippen LogP contribution is 2.39. The first kappa shape index (κ1) is 18.0. The van der Waals surface area contributed by atoms with E-state index in [9.17, 15) is 9.90 Å². The summed E-state index contributed by atoms with van der Waals surface area (Å²) in [6.07, 6.45) is 6.24. The van der Waals surface area contributed by atoms with Crippen LogP contribution in [0.3, 0.4) is 0 Å². The van der Waals surface area contributed by atoms with Gasteiger partial charge in [0.25, 0.3) is 0 Å². The maximum Gasteiger partial charge on any atom is 0.317 e. The maximum atomic E-state index is 12.5. The molecule has 2 N–H and O–H groups in total. The molecule has 138 valence electrons. The molecule has 3 fully saturated rings. The molecule has 0 spiro atoms. The molecule has 1 saturated carbocycles. The van der Waals surface area contributed by atoms with E-state index >= 15 is 0 Å². The van der Waals surface area contributed by atoms with Crippen LogP contribution in [0.2, 0.25) is 0 Å². The minimum atomic E-state index is -0.502. The van der Waals surface area contributed by atoms with Crippen LogP contribution in [-0.2, 0) is 0 Å². The fourth-order valence-electron chi connectivity index (χ4n) is 4.86. The van der Waals surface area contributed by atoms with Gasteiger partial charge < -0.3 is 20.2 Å². The summed E-state index contributed by atoms with van der Waals surface area (Å²) in [5.41, 5.74) is -0.502. The van der Waals surface area contributed by atoms with Crippen LogP contribution in [-0.4, -0.2) is 65.8 Å². The predicted molar refractivity (Wildman–Crippen MR) is 95.9 cm³/mol. The lowest BCUT2D eigenvalue weighted by atomic mass is 9.71. The van der Waals surface area contributed by atoms with Crippen LogP contribution in [0.15, 0.2) is 0 Å². The topological polar surface area (TPSA) is 55.8 Å². The fraction of sp³-hybridized carbons (Fsp3) is 0.947. The molecule has 3 unspecified atom stereocenters. The van der Waals surface area contributed by atoms with Gasteiger partial charge >= 0.3 is 6.03 Å². The molecule has 0 radical (unpaired) electrons. The average Bonchev–Trinajstić information content (AvgIpc) is 2.98. The van der Waals surface area contributed by atoms with Crippen molar-refractivity contribution < 1.29 is 9.90 Å². The number of nitrogens with one attached hydrogen (secondary N) is 1. The van der Waals surface area contributed by atoms with E-state index in [4.69, 9.17) is 0 Å². The molecular formula is C19H35N3O2. The maximum absolute atomic E-state index is 12.5. The first-order valence-corrected chi connectivity index (χ1v) is 9.94. The van der Waals surface area contributed by atoms with Gasteiger partial charge in [-0.2, -0.15) is 0 Å². The Morgan fingerprint density at radius 1 is 1.21 bits per heavy atom. The Balaban J connectivity index is 1.41. The van der Waals surface area contributed by atoms with Gasteiger partial charge in [0.05, 0.1) is 5.60 Å². The number of hydrogen-bond donors (Lipinski definition) is 2. The van der Waals surface area contributed by atoms with Gasteiger partial charge in [0, 0.05) is 38.6 Å². The second-order valence-corrected chi connectivity index (χ2v) is 8.74. The minimum absolute atomic E-state index is 0.0740. The minimum Gasteiger partial charge on any atom is -0.389 e. The molecule has 2 heterocycles. The molecule has 0 bridgehead atoms. The highest BCUT2D eigenvalue weighted by molar-refractivity contribution is 5.74. The number of carbonyl (C=O) groups is 1. The van der Waals surface area contributed by atoms with Crippen LogP contribution >= 0.6 is 0 Å². The highest BCUT2D eigenvalue weighted by atomic mass is 16.3. The van der Waals surface area contributed by atoms with Crippen LogP contribution in [0.1, 0.15) is 52.4 Å². The molecular weight excluding hydrogens is 302 g/mol. The van der Waals surface area contributed by atoms with E-state index in [1.54, 1.807) is 0 Å². The summed E-state index contributed by atoms with van der Waals surface area (Å²) in [7, 11) is 0. The van der Waals surface area contributed by atoms with Gasteiger partial charge in [-0.05, 0) is 44.1 Å². The van der Waals surface area contributed by atoms with Crippen molar-refractivity contribution in [1.29, 1.82) is 0 Å². The number of fused-ring (bicyclic) bond motifs is 1. The lowest BCUT2D eigenvalue weighted by Crippen LogP contribution is -2.56. The number of amides is 2. The van der Waals surface area contributed by atoms with Gasteiger partial charge in [-0.15, -0.1) is 0 Å². The Labute approximate surface area is 146 Å². The van der Waals surface area contributed by atoms with E-state index in [1.165, 1.54) is 12.8 Å². The fourth-order valence-corrected chi connectivity index (χ4v) is 4.86. The molecule has 2 saturated heterocycles. The summed E-state index contributed by atoms with van der Waals surface area (Å²) in [5, 5.41) is 13.9. The first-order valence-electron chi connectivity index (χ1n) is 9.94. The van der Waals surface area contributed by atoms with Crippen LogP contribution < -0.4 is 5.32 Å². The molecule has 0 aromatic carbocycles. The number of urea groups is 1. The summed E-state index contributed by atoms with van der Waals surface area (Å²) in [4.78, 5) is 17.0. The quantitative estimate of drug-likeness (QED) is 0.828. The second kappa shape index (κ2) is 7.61. The van der Waals surface area contributed by atoms with Crippen LogP contribution in [0.25, 0.3) is 0 Å². The van der Waals surface area contributed by atoms with Gasteiger partial charge in [0.15, 0.2) is 0 Å². The molecule has 24 heavy (non-hydrogen) atoms. The number of aliphatic hydroxyl groups is 1. The van der Waals surface area contributed by atoms with Crippen molar-refractivity contribution in [2.45, 2.75) is 58.0 Å². The highest BCUT2D eigenvalue weighted by Gasteiger charge is 2.43. The summed E-state index contributed by atoms with van der Waals surface area (Å²) < 4.78 is 0. The summed E-state index contributed by atoms with van der Waals surface area (Å²) in [6.45, 7) is 10.2. The van der Waals surface area contributed by atoms with Gasteiger partial charge in [0.1, 0.15) is 0 Å². The Kier molecular flexibility index (Phi) is 5.70. The third kappa shape index (κ3) is 4.23. The van der Waals surface area contributed by atoms with E-state index < -0.39 is 5.60 Å². The third-order valence-corrected chi connectivity index (χ3v) is 6.25. The van der Waals surface area contributed by atoms with Crippen molar-refractivity contribution in [2.75, 3.05) is 39.3 Å². The van der Waals surface area contributed by atoms with Crippen molar-refractivity contribution in [3.63, 3.8) is 0 Å². The molecule has 3 aliphatic rings. The number of piperidine rings is 1. The zero-order chi connectivity index (χ0) is 17.2. The zero-order valence-electron chi connectivity index (χ0n) is 15.5. The Bertz CT molecular complexity index is 442. The van der Waals surface area contributed by atoms with Crippen LogP contribution in [0, 0.1) is 17.8 Å². The van der Waals surface area contributed by atoms with Crippen molar-refractivity contribution >= 4 is 6.03 Å². The number of hydrogen-bond acceptors (Lipinski definition) is 3. The van der Waals surface area contributed by atoms with E-state index in [1.807, 2.05) is 4.90 Å². The molecule has 5 heteroatoms. The molecule has 2 amide bonds. The largest absolute Gasteiger partial charge is 0.389 e. The Hall–Kier alpha value is -0.810. The Morgan fingerprint density at radius 2 is 2.04 bits per heavy atom. The van der Waals surface area contributed by atoms with Crippen LogP contribution in [0.5, 0.6) is 0 Å². The van der Waals surface area contributed by atoms with Crippen molar-refractivity contribution in [3.8, 4) is 0 Å². The zero-order valence-corrected chi connectivity index (χ0v) is 15.5. The second-order valence-electron chi connectivity index (χ2n) is 8.74. The normalized spacial score (nSPS) is 34.4. The average molecular weight is 338 g/mol. The van der Waals surface area contributed by atoms with E-state index in [-0.39, 0.29) is 11.9 Å². The summed E-state index contributed by atoms with van der Waals surface area (Å²) in [6, 6.07) is 0.0740. The van der Waals surface area contributed by atoms with Gasteiger partial charge in [0.2, 0.25) is 0 Å². The molecule has 1 aliphatic carbocycles. The third-order valence-electron chi connectivity index (χ3n) is 6.25. The SMILES string of the molecule is CC(C)CN1CCC(CNC(=O)N2CCC3(O)CCCCC3C2)C1. The van der Waals surface area contributed by atoms with Gasteiger partial charge in [-0.3, -0.25) is 0 Å². The number of carbonyl (C=O) groups excluding carboxylic acids is 1.